The number of ether oxygens (including phenoxy) is 3. The fraction of sp³-hybridized carbons (Fsp3) is 0.333. The van der Waals surface area contributed by atoms with Crippen molar-refractivity contribution in [3.8, 4) is 17.2 Å². The van der Waals surface area contributed by atoms with Crippen molar-refractivity contribution in [1.29, 1.82) is 0 Å². The first-order valence-corrected chi connectivity index (χ1v) is 10.2. The maximum atomic E-state index is 14.3. The fourth-order valence-electron chi connectivity index (χ4n) is 3.76. The minimum atomic E-state index is -0.934. The van der Waals surface area contributed by atoms with Crippen LogP contribution in [0.4, 0.5) is 4.39 Å². The van der Waals surface area contributed by atoms with Crippen LogP contribution in [0.25, 0.3) is 5.76 Å². The quantitative estimate of drug-likeness (QED) is 0.370. The number of methoxy groups -OCH3 is 3. The van der Waals surface area contributed by atoms with Gasteiger partial charge in [-0.2, -0.15) is 0 Å². The summed E-state index contributed by atoms with van der Waals surface area (Å²) in [5.74, 6) is -1.90. The number of carbonyl (C=O) groups is 2. The van der Waals surface area contributed by atoms with Crippen molar-refractivity contribution < 1.29 is 33.3 Å². The molecule has 1 saturated heterocycles. The minimum absolute atomic E-state index is 0.00800. The van der Waals surface area contributed by atoms with Gasteiger partial charge >= 0.3 is 0 Å². The summed E-state index contributed by atoms with van der Waals surface area (Å²) in [5.41, 5.74) is 0.398. The molecule has 1 amide bonds. The molecular formula is C24H27FN2O6. The molecule has 1 aliphatic rings. The minimum Gasteiger partial charge on any atom is -0.507 e. The summed E-state index contributed by atoms with van der Waals surface area (Å²) in [6.45, 7) is 0.713. The molecule has 0 unspecified atom stereocenters. The van der Waals surface area contributed by atoms with Gasteiger partial charge in [0, 0.05) is 30.3 Å². The normalized spacial score (nSPS) is 17.5. The zero-order valence-electron chi connectivity index (χ0n) is 19.2. The molecule has 0 saturated carbocycles. The summed E-state index contributed by atoms with van der Waals surface area (Å²) in [6, 6.07) is 7.88. The van der Waals surface area contributed by atoms with E-state index in [2.05, 4.69) is 0 Å². The maximum Gasteiger partial charge on any atom is 0.295 e. The third-order valence-electron chi connectivity index (χ3n) is 5.49. The maximum absolute atomic E-state index is 14.3. The average molecular weight is 458 g/mol. The molecule has 2 aromatic rings. The van der Waals surface area contributed by atoms with E-state index in [1.54, 1.807) is 18.2 Å². The van der Waals surface area contributed by atoms with Crippen LogP contribution in [0.1, 0.15) is 17.2 Å². The number of hydrogen-bond donors (Lipinski definition) is 1. The van der Waals surface area contributed by atoms with Crippen LogP contribution in [0.2, 0.25) is 0 Å². The number of likely N-dealkylation sites (tertiary alicyclic amines) is 1. The standard InChI is InChI=1S/C24H27FN2O6/c1-26(2)10-11-27-21(16-8-7-15(31-3)13-19(16)33-5)20(23(29)24(27)30)22(28)14-6-9-18(32-4)17(25)12-14/h6-9,12-13,21,28H,10-11H2,1-5H3/t21-/m1/s1. The SMILES string of the molecule is COc1ccc([C@@H]2C(=C(O)c3ccc(OC)c(F)c3)C(=O)C(=O)N2CCN(C)C)c(OC)c1. The summed E-state index contributed by atoms with van der Waals surface area (Å²) < 4.78 is 30.0. The van der Waals surface area contributed by atoms with Crippen molar-refractivity contribution in [1.82, 2.24) is 9.80 Å². The molecular weight excluding hydrogens is 431 g/mol. The molecule has 1 heterocycles. The van der Waals surface area contributed by atoms with Crippen LogP contribution >= 0.6 is 0 Å². The molecule has 1 fully saturated rings. The number of rotatable bonds is 8. The molecule has 3 rings (SSSR count). The Morgan fingerprint density at radius 2 is 1.73 bits per heavy atom. The first-order valence-electron chi connectivity index (χ1n) is 10.2. The van der Waals surface area contributed by atoms with E-state index in [1.807, 2.05) is 19.0 Å². The number of nitrogens with zero attached hydrogens (tertiary/aromatic N) is 2. The van der Waals surface area contributed by atoms with Gasteiger partial charge in [0.1, 0.15) is 17.3 Å². The number of halogens is 1. The van der Waals surface area contributed by atoms with Gasteiger partial charge in [0.15, 0.2) is 11.6 Å². The van der Waals surface area contributed by atoms with Gasteiger partial charge in [0.05, 0.1) is 32.9 Å². The Balaban J connectivity index is 2.22. The lowest BCUT2D eigenvalue weighted by Gasteiger charge is -2.27. The molecule has 1 atom stereocenters. The summed E-state index contributed by atoms with van der Waals surface area (Å²) in [7, 11) is 7.99. The van der Waals surface area contributed by atoms with Crippen LogP contribution in [0.5, 0.6) is 17.2 Å². The van der Waals surface area contributed by atoms with Gasteiger partial charge in [-0.25, -0.2) is 4.39 Å². The first kappa shape index (κ1) is 24.1. The highest BCUT2D eigenvalue weighted by Gasteiger charge is 2.47. The lowest BCUT2D eigenvalue weighted by Crippen LogP contribution is -2.35. The number of ketones is 1. The Kier molecular flexibility index (Phi) is 7.23. The Morgan fingerprint density at radius 1 is 1.03 bits per heavy atom. The molecule has 0 bridgehead atoms. The van der Waals surface area contributed by atoms with Crippen molar-refractivity contribution in [3.05, 3.63) is 58.9 Å². The van der Waals surface area contributed by atoms with Gasteiger partial charge in [0.25, 0.3) is 11.7 Å². The zero-order chi connectivity index (χ0) is 24.3. The van der Waals surface area contributed by atoms with Crippen LogP contribution in [-0.2, 0) is 9.59 Å². The van der Waals surface area contributed by atoms with Crippen LogP contribution in [0, 0.1) is 5.82 Å². The second kappa shape index (κ2) is 9.91. The number of benzene rings is 2. The van der Waals surface area contributed by atoms with Gasteiger partial charge in [-0.15, -0.1) is 0 Å². The van der Waals surface area contributed by atoms with E-state index in [0.29, 0.717) is 23.6 Å². The molecule has 0 aromatic heterocycles. The lowest BCUT2D eigenvalue weighted by atomic mass is 9.94. The summed E-state index contributed by atoms with van der Waals surface area (Å²) in [6.07, 6.45) is 0. The van der Waals surface area contributed by atoms with E-state index < -0.39 is 29.3 Å². The average Bonchev–Trinajstić information content (AvgIpc) is 3.06. The molecule has 0 radical (unpaired) electrons. The van der Waals surface area contributed by atoms with Gasteiger partial charge < -0.3 is 29.1 Å². The van der Waals surface area contributed by atoms with E-state index >= 15 is 0 Å². The van der Waals surface area contributed by atoms with Crippen LogP contribution in [-0.4, -0.2) is 75.1 Å². The molecule has 176 valence electrons. The monoisotopic (exact) mass is 458 g/mol. The largest absolute Gasteiger partial charge is 0.507 e. The second-order valence-corrected chi connectivity index (χ2v) is 7.75. The zero-order valence-corrected chi connectivity index (χ0v) is 19.2. The first-order chi connectivity index (χ1) is 15.7. The Bertz CT molecular complexity index is 1100. The highest BCUT2D eigenvalue weighted by Crippen LogP contribution is 2.43. The lowest BCUT2D eigenvalue weighted by molar-refractivity contribution is -0.140. The number of Topliss-reactive ketones (excluding diaryl/α,β-unsaturated/α-hetero) is 1. The molecule has 1 N–H and O–H groups in total. The number of aliphatic hydroxyl groups excluding tert-OH is 1. The van der Waals surface area contributed by atoms with Gasteiger partial charge in [-0.1, -0.05) is 0 Å². The Morgan fingerprint density at radius 3 is 2.30 bits per heavy atom. The van der Waals surface area contributed by atoms with Crippen molar-refractivity contribution in [2.45, 2.75) is 6.04 Å². The van der Waals surface area contributed by atoms with Crippen LogP contribution in [0.3, 0.4) is 0 Å². The van der Waals surface area contributed by atoms with E-state index in [0.717, 1.165) is 6.07 Å². The highest BCUT2D eigenvalue weighted by atomic mass is 19.1. The molecule has 33 heavy (non-hydrogen) atoms. The summed E-state index contributed by atoms with van der Waals surface area (Å²) in [5, 5.41) is 11.1. The summed E-state index contributed by atoms with van der Waals surface area (Å²) in [4.78, 5) is 29.3. The van der Waals surface area contributed by atoms with Crippen molar-refractivity contribution in [2.75, 3.05) is 48.5 Å². The third kappa shape index (κ3) is 4.63. The highest BCUT2D eigenvalue weighted by molar-refractivity contribution is 6.46. The fourth-order valence-corrected chi connectivity index (χ4v) is 3.76. The number of aliphatic hydroxyl groups is 1. The van der Waals surface area contributed by atoms with E-state index in [4.69, 9.17) is 14.2 Å². The number of amides is 1. The number of carbonyl (C=O) groups excluding carboxylic acids is 2. The van der Waals surface area contributed by atoms with Gasteiger partial charge in [0.2, 0.25) is 0 Å². The molecule has 0 aliphatic carbocycles. The predicted octanol–water partition coefficient (Wildman–Crippen LogP) is 2.83. The molecule has 8 nitrogen and oxygen atoms in total. The number of hydrogen-bond acceptors (Lipinski definition) is 7. The Labute approximate surface area is 191 Å². The smallest absolute Gasteiger partial charge is 0.295 e. The summed E-state index contributed by atoms with van der Waals surface area (Å²) >= 11 is 0. The van der Waals surface area contributed by atoms with E-state index in [1.165, 1.54) is 38.4 Å². The predicted molar refractivity (Wildman–Crippen MR) is 120 cm³/mol. The van der Waals surface area contributed by atoms with Gasteiger partial charge in [-0.3, -0.25) is 9.59 Å². The molecule has 1 aliphatic heterocycles. The molecule has 0 spiro atoms. The van der Waals surface area contributed by atoms with E-state index in [-0.39, 0.29) is 23.4 Å². The van der Waals surface area contributed by atoms with Crippen molar-refractivity contribution in [3.63, 3.8) is 0 Å². The second-order valence-electron chi connectivity index (χ2n) is 7.75. The van der Waals surface area contributed by atoms with E-state index in [9.17, 15) is 19.1 Å². The Hall–Kier alpha value is -3.59. The van der Waals surface area contributed by atoms with Crippen LogP contribution < -0.4 is 14.2 Å². The van der Waals surface area contributed by atoms with Gasteiger partial charge in [-0.05, 0) is 44.4 Å². The van der Waals surface area contributed by atoms with Crippen LogP contribution in [0.15, 0.2) is 42.0 Å². The topological polar surface area (TPSA) is 88.5 Å². The van der Waals surface area contributed by atoms with Crippen molar-refractivity contribution in [2.24, 2.45) is 0 Å². The molecule has 2 aromatic carbocycles. The third-order valence-corrected chi connectivity index (χ3v) is 5.49. The van der Waals surface area contributed by atoms with Crippen molar-refractivity contribution >= 4 is 17.4 Å². The molecule has 9 heteroatoms. The number of likely N-dealkylation sites (N-methyl/N-ethyl adjacent to an activating group) is 1.